The lowest BCUT2D eigenvalue weighted by atomic mass is 9.87. The van der Waals surface area contributed by atoms with Crippen LogP contribution in [0, 0.1) is 5.92 Å². The third kappa shape index (κ3) is 5.04. The predicted molar refractivity (Wildman–Crippen MR) is 92.8 cm³/mol. The molecule has 0 aliphatic heterocycles. The van der Waals surface area contributed by atoms with Crippen molar-refractivity contribution in [1.29, 1.82) is 0 Å². The highest BCUT2D eigenvalue weighted by atomic mass is 32.2. The summed E-state index contributed by atoms with van der Waals surface area (Å²) in [5.41, 5.74) is -0.203. The summed E-state index contributed by atoms with van der Waals surface area (Å²) in [7, 11) is -1.76. The number of rotatable bonds is 6. The summed E-state index contributed by atoms with van der Waals surface area (Å²) >= 11 is 0. The van der Waals surface area contributed by atoms with Crippen LogP contribution in [0.25, 0.3) is 0 Å². The van der Waals surface area contributed by atoms with Crippen LogP contribution >= 0.6 is 0 Å². The Hall–Kier alpha value is -2.46. The Morgan fingerprint density at radius 1 is 0.963 bits per heavy atom. The number of aliphatic carboxylic acids is 1. The van der Waals surface area contributed by atoms with E-state index < -0.39 is 39.9 Å². The third-order valence-corrected chi connectivity index (χ3v) is 5.96. The molecular formula is C17H21NO8S. The number of carboxylic acid groups (broad SMARTS) is 1. The van der Waals surface area contributed by atoms with Gasteiger partial charge >= 0.3 is 17.9 Å². The van der Waals surface area contributed by atoms with Gasteiger partial charge in [0.2, 0.25) is 10.0 Å². The minimum atomic E-state index is -4.04. The van der Waals surface area contributed by atoms with Gasteiger partial charge in [-0.3, -0.25) is 4.79 Å². The Morgan fingerprint density at radius 3 is 1.85 bits per heavy atom. The van der Waals surface area contributed by atoms with Crippen LogP contribution in [0.1, 0.15) is 46.4 Å². The number of nitrogens with one attached hydrogen (secondary N) is 1. The second-order valence-corrected chi connectivity index (χ2v) is 7.95. The number of benzene rings is 1. The molecule has 0 bridgehead atoms. The first-order valence-electron chi connectivity index (χ1n) is 8.24. The number of esters is 2. The summed E-state index contributed by atoms with van der Waals surface area (Å²) in [5, 5.41) is 9.02. The van der Waals surface area contributed by atoms with E-state index in [9.17, 15) is 22.8 Å². The number of sulfonamides is 1. The summed E-state index contributed by atoms with van der Waals surface area (Å²) < 4.78 is 37.1. The second-order valence-electron chi connectivity index (χ2n) is 6.24. The predicted octanol–water partition coefficient (Wildman–Crippen LogP) is 1.18. The van der Waals surface area contributed by atoms with Crippen LogP contribution in [0.4, 0.5) is 0 Å². The molecule has 1 aliphatic carbocycles. The molecule has 0 radical (unpaired) electrons. The fourth-order valence-corrected chi connectivity index (χ4v) is 4.35. The van der Waals surface area contributed by atoms with Crippen LogP contribution in [0.2, 0.25) is 0 Å². The van der Waals surface area contributed by atoms with Crippen LogP contribution in [0.5, 0.6) is 0 Å². The van der Waals surface area contributed by atoms with Gasteiger partial charge in [-0.15, -0.1) is 0 Å². The average Bonchev–Trinajstić information content (AvgIpc) is 2.66. The van der Waals surface area contributed by atoms with E-state index in [1.807, 2.05) is 0 Å². The van der Waals surface area contributed by atoms with Gasteiger partial charge in [-0.05, 0) is 43.9 Å². The van der Waals surface area contributed by atoms with Crippen LogP contribution < -0.4 is 4.72 Å². The molecule has 2 N–H and O–H groups in total. The van der Waals surface area contributed by atoms with E-state index in [2.05, 4.69) is 14.2 Å². The third-order valence-electron chi connectivity index (χ3n) is 4.46. The van der Waals surface area contributed by atoms with E-state index >= 15 is 0 Å². The van der Waals surface area contributed by atoms with Crippen LogP contribution in [0.3, 0.4) is 0 Å². The highest BCUT2D eigenvalue weighted by Crippen LogP contribution is 2.26. The summed E-state index contributed by atoms with van der Waals surface area (Å²) in [6.45, 7) is 0. The van der Waals surface area contributed by atoms with E-state index in [1.165, 1.54) is 6.07 Å². The van der Waals surface area contributed by atoms with Crippen molar-refractivity contribution in [1.82, 2.24) is 4.72 Å². The van der Waals surface area contributed by atoms with Crippen LogP contribution in [-0.4, -0.2) is 51.7 Å². The normalized spacial score (nSPS) is 19.9. The first-order valence-corrected chi connectivity index (χ1v) is 9.73. The molecule has 1 aliphatic rings. The molecule has 0 aromatic heterocycles. The first-order chi connectivity index (χ1) is 12.7. The molecule has 0 spiro atoms. The molecule has 0 unspecified atom stereocenters. The van der Waals surface area contributed by atoms with E-state index in [1.54, 1.807) is 0 Å². The standard InChI is InChI=1S/C17H21NO8S/c1-25-16(21)11-7-12(17(22)26-2)9-14(8-11)27(23,24)18-13-5-3-10(4-6-13)15(19)20/h7-10,13,18H,3-6H2,1-2H3,(H,19,20). The zero-order valence-electron chi connectivity index (χ0n) is 14.9. The van der Waals surface area contributed by atoms with Crippen molar-refractivity contribution in [3.05, 3.63) is 29.3 Å². The number of carboxylic acids is 1. The maximum absolute atomic E-state index is 12.7. The minimum Gasteiger partial charge on any atom is -0.481 e. The molecule has 1 saturated carbocycles. The monoisotopic (exact) mass is 399 g/mol. The van der Waals surface area contributed by atoms with Gasteiger partial charge in [-0.25, -0.2) is 22.7 Å². The molecule has 0 amide bonds. The molecular weight excluding hydrogens is 378 g/mol. The second kappa shape index (κ2) is 8.49. The van der Waals surface area contributed by atoms with E-state index in [-0.39, 0.29) is 16.0 Å². The lowest BCUT2D eigenvalue weighted by Gasteiger charge is -2.26. The number of carbonyl (C=O) groups is 3. The van der Waals surface area contributed by atoms with Gasteiger partial charge in [0, 0.05) is 6.04 Å². The van der Waals surface area contributed by atoms with Gasteiger partial charge in [-0.2, -0.15) is 0 Å². The van der Waals surface area contributed by atoms with Gasteiger partial charge < -0.3 is 14.6 Å². The van der Waals surface area contributed by atoms with Crippen molar-refractivity contribution in [3.63, 3.8) is 0 Å². The van der Waals surface area contributed by atoms with Crippen LogP contribution in [0.15, 0.2) is 23.1 Å². The molecule has 0 atom stereocenters. The summed E-state index contributed by atoms with van der Waals surface area (Å²) in [5.74, 6) is -2.94. The number of hydrogen-bond donors (Lipinski definition) is 2. The highest BCUT2D eigenvalue weighted by Gasteiger charge is 2.29. The van der Waals surface area contributed by atoms with Gasteiger partial charge in [0.05, 0.1) is 36.2 Å². The molecule has 2 rings (SSSR count). The Balaban J connectivity index is 2.28. The molecule has 0 heterocycles. The molecule has 1 aromatic carbocycles. The highest BCUT2D eigenvalue weighted by molar-refractivity contribution is 7.89. The molecule has 148 valence electrons. The Bertz CT molecular complexity index is 806. The first kappa shape index (κ1) is 20.8. The van der Waals surface area contributed by atoms with Gasteiger partial charge in [0.15, 0.2) is 0 Å². The van der Waals surface area contributed by atoms with Crippen molar-refractivity contribution in [3.8, 4) is 0 Å². The molecule has 9 nitrogen and oxygen atoms in total. The number of hydrogen-bond acceptors (Lipinski definition) is 7. The Morgan fingerprint density at radius 2 is 1.44 bits per heavy atom. The summed E-state index contributed by atoms with van der Waals surface area (Å²) in [6, 6.07) is 3.00. The fraction of sp³-hybridized carbons (Fsp3) is 0.471. The lowest BCUT2D eigenvalue weighted by molar-refractivity contribution is -0.142. The number of ether oxygens (including phenoxy) is 2. The smallest absolute Gasteiger partial charge is 0.337 e. The minimum absolute atomic E-state index is 0.102. The van der Waals surface area contributed by atoms with Crippen molar-refractivity contribution in [2.75, 3.05) is 14.2 Å². The van der Waals surface area contributed by atoms with Gasteiger partial charge in [-0.1, -0.05) is 0 Å². The number of carbonyl (C=O) groups excluding carboxylic acids is 2. The largest absolute Gasteiger partial charge is 0.481 e. The van der Waals surface area contributed by atoms with Crippen molar-refractivity contribution < 1.29 is 37.4 Å². The molecule has 0 saturated heterocycles. The average molecular weight is 399 g/mol. The van der Waals surface area contributed by atoms with E-state index in [0.717, 1.165) is 26.4 Å². The van der Waals surface area contributed by atoms with E-state index in [4.69, 9.17) is 5.11 Å². The SMILES string of the molecule is COC(=O)c1cc(C(=O)OC)cc(S(=O)(=O)NC2CCC(C(=O)O)CC2)c1. The van der Waals surface area contributed by atoms with Crippen molar-refractivity contribution in [2.45, 2.75) is 36.6 Å². The quantitative estimate of drug-likeness (QED) is 0.681. The van der Waals surface area contributed by atoms with Gasteiger partial charge in [0.1, 0.15) is 0 Å². The van der Waals surface area contributed by atoms with Crippen molar-refractivity contribution >= 4 is 27.9 Å². The summed E-state index contributed by atoms with van der Waals surface area (Å²) in [6.07, 6.45) is 1.52. The fourth-order valence-electron chi connectivity index (χ4n) is 2.97. The topological polar surface area (TPSA) is 136 Å². The maximum atomic E-state index is 12.7. The molecule has 1 aromatic rings. The lowest BCUT2D eigenvalue weighted by Crippen LogP contribution is -2.38. The Labute approximate surface area is 156 Å². The maximum Gasteiger partial charge on any atom is 0.337 e. The van der Waals surface area contributed by atoms with Crippen molar-refractivity contribution in [2.24, 2.45) is 5.92 Å². The van der Waals surface area contributed by atoms with E-state index in [0.29, 0.717) is 25.7 Å². The molecule has 27 heavy (non-hydrogen) atoms. The van der Waals surface area contributed by atoms with Gasteiger partial charge in [0.25, 0.3) is 0 Å². The summed E-state index contributed by atoms with van der Waals surface area (Å²) in [4.78, 5) is 34.3. The zero-order chi connectivity index (χ0) is 20.2. The van der Waals surface area contributed by atoms with Crippen LogP contribution in [-0.2, 0) is 24.3 Å². The molecule has 1 fully saturated rings. The molecule has 10 heteroatoms. The number of methoxy groups -OCH3 is 2. The zero-order valence-corrected chi connectivity index (χ0v) is 15.7. The Kier molecular flexibility index (Phi) is 6.55.